The molecular weight excluding hydrogens is 388 g/mol. The summed E-state index contributed by atoms with van der Waals surface area (Å²) in [5.74, 6) is 0.406. The van der Waals surface area contributed by atoms with Gasteiger partial charge in [-0.2, -0.15) is 0 Å². The zero-order valence-corrected chi connectivity index (χ0v) is 14.3. The molecule has 0 unspecified atom stereocenters. The molecule has 3 aromatic rings. The van der Waals surface area contributed by atoms with Crippen molar-refractivity contribution in [3.8, 4) is 11.3 Å². The van der Waals surface area contributed by atoms with Gasteiger partial charge in [0.05, 0.1) is 15.8 Å². The number of aromatic nitrogens is 1. The van der Waals surface area contributed by atoms with Crippen LogP contribution in [0.1, 0.15) is 15.4 Å². The Balaban J connectivity index is 1.66. The molecule has 1 N–H and O–H groups in total. The Bertz CT molecular complexity index is 815. The van der Waals surface area contributed by atoms with E-state index < -0.39 is 0 Å². The summed E-state index contributed by atoms with van der Waals surface area (Å²) in [5, 5.41) is 6.79. The van der Waals surface area contributed by atoms with Crippen molar-refractivity contribution in [2.75, 3.05) is 0 Å². The number of thiophene rings is 1. The van der Waals surface area contributed by atoms with Gasteiger partial charge in [-0.3, -0.25) is 4.79 Å². The molecule has 0 saturated carbocycles. The summed E-state index contributed by atoms with van der Waals surface area (Å²) in [4.78, 5) is 12.5. The van der Waals surface area contributed by atoms with Crippen LogP contribution >= 0.6 is 38.9 Å². The fourth-order valence-electron chi connectivity index (χ4n) is 1.87. The van der Waals surface area contributed by atoms with E-state index in [0.717, 1.165) is 15.7 Å². The van der Waals surface area contributed by atoms with E-state index in [1.54, 1.807) is 12.1 Å². The maximum atomic E-state index is 11.9. The minimum Gasteiger partial charge on any atom is -0.359 e. The third-order valence-electron chi connectivity index (χ3n) is 2.90. The van der Waals surface area contributed by atoms with Crippen molar-refractivity contribution < 1.29 is 9.32 Å². The summed E-state index contributed by atoms with van der Waals surface area (Å²) in [6.45, 7) is 0.273. The van der Waals surface area contributed by atoms with Gasteiger partial charge >= 0.3 is 0 Å². The predicted molar refractivity (Wildman–Crippen MR) is 90.1 cm³/mol. The summed E-state index contributed by atoms with van der Waals surface area (Å²) < 4.78 is 6.80. The number of carbonyl (C=O) groups excluding carboxylic acids is 1. The van der Waals surface area contributed by atoms with Gasteiger partial charge in [-0.05, 0) is 24.3 Å². The maximum absolute atomic E-state index is 11.9. The smallest absolute Gasteiger partial charge is 0.261 e. The Kier molecular flexibility index (Phi) is 4.61. The van der Waals surface area contributed by atoms with Gasteiger partial charge in [-0.1, -0.05) is 44.8 Å². The fourth-order valence-corrected chi connectivity index (χ4v) is 3.23. The van der Waals surface area contributed by atoms with Crippen molar-refractivity contribution >= 4 is 44.8 Å². The Labute approximate surface area is 144 Å². The average Bonchev–Trinajstić information content (AvgIpc) is 3.14. The molecule has 22 heavy (non-hydrogen) atoms. The molecule has 2 heterocycles. The molecule has 0 atom stereocenters. The molecule has 0 spiro atoms. The first-order valence-electron chi connectivity index (χ1n) is 6.37. The van der Waals surface area contributed by atoms with E-state index >= 15 is 0 Å². The molecule has 0 aliphatic carbocycles. The predicted octanol–water partition coefficient (Wildman–Crippen LogP) is 4.75. The van der Waals surface area contributed by atoms with Gasteiger partial charge in [0.2, 0.25) is 0 Å². The Morgan fingerprint density at radius 2 is 2.18 bits per heavy atom. The molecule has 1 amide bonds. The molecule has 7 heteroatoms. The summed E-state index contributed by atoms with van der Waals surface area (Å²) in [5.41, 5.74) is 1.67. The zero-order chi connectivity index (χ0) is 15.5. The maximum Gasteiger partial charge on any atom is 0.261 e. The van der Waals surface area contributed by atoms with Crippen molar-refractivity contribution in [1.29, 1.82) is 0 Å². The van der Waals surface area contributed by atoms with Crippen LogP contribution in [0.2, 0.25) is 4.34 Å². The second kappa shape index (κ2) is 6.64. The van der Waals surface area contributed by atoms with Gasteiger partial charge in [-0.25, -0.2) is 0 Å². The zero-order valence-electron chi connectivity index (χ0n) is 11.2. The number of halogens is 2. The topological polar surface area (TPSA) is 55.1 Å². The lowest BCUT2D eigenvalue weighted by molar-refractivity contribution is 0.0951. The van der Waals surface area contributed by atoms with E-state index in [2.05, 4.69) is 26.4 Å². The van der Waals surface area contributed by atoms with E-state index in [-0.39, 0.29) is 12.5 Å². The Morgan fingerprint density at radius 3 is 2.91 bits per heavy atom. The molecule has 0 radical (unpaired) electrons. The highest BCUT2D eigenvalue weighted by Gasteiger charge is 2.11. The number of nitrogens with one attached hydrogen (secondary N) is 1. The van der Waals surface area contributed by atoms with Crippen LogP contribution in [0, 0.1) is 0 Å². The highest BCUT2D eigenvalue weighted by atomic mass is 79.9. The van der Waals surface area contributed by atoms with Crippen LogP contribution in [0.5, 0.6) is 0 Å². The third kappa shape index (κ3) is 3.58. The van der Waals surface area contributed by atoms with E-state index in [9.17, 15) is 4.79 Å². The standard InChI is InChI=1S/C15H10BrClN2O2S/c16-10-3-1-2-9(6-10)12-7-11(21-19-12)8-18-15(20)13-4-5-14(17)22-13/h1-7H,8H2,(H,18,20). The van der Waals surface area contributed by atoms with Crippen molar-refractivity contribution in [2.24, 2.45) is 0 Å². The first-order chi connectivity index (χ1) is 10.6. The molecular formula is C15H10BrClN2O2S. The van der Waals surface area contributed by atoms with Crippen molar-refractivity contribution in [2.45, 2.75) is 6.54 Å². The summed E-state index contributed by atoms with van der Waals surface area (Å²) in [6.07, 6.45) is 0. The van der Waals surface area contributed by atoms with Gasteiger partial charge in [0, 0.05) is 16.1 Å². The number of benzene rings is 1. The monoisotopic (exact) mass is 396 g/mol. The van der Waals surface area contributed by atoms with E-state index in [0.29, 0.717) is 15.0 Å². The molecule has 112 valence electrons. The van der Waals surface area contributed by atoms with Crippen LogP contribution in [0.4, 0.5) is 0 Å². The molecule has 4 nitrogen and oxygen atoms in total. The van der Waals surface area contributed by atoms with Crippen LogP contribution < -0.4 is 5.32 Å². The summed E-state index contributed by atoms with van der Waals surface area (Å²) in [6, 6.07) is 13.0. The Hall–Kier alpha value is -1.63. The first-order valence-corrected chi connectivity index (χ1v) is 8.35. The number of amides is 1. The molecule has 0 bridgehead atoms. The van der Waals surface area contributed by atoms with Gasteiger partial charge in [0.1, 0.15) is 5.69 Å². The lowest BCUT2D eigenvalue weighted by atomic mass is 10.1. The van der Waals surface area contributed by atoms with E-state index in [1.807, 2.05) is 30.3 Å². The molecule has 2 aromatic heterocycles. The average molecular weight is 398 g/mol. The highest BCUT2D eigenvalue weighted by molar-refractivity contribution is 9.10. The SMILES string of the molecule is O=C(NCc1cc(-c2cccc(Br)c2)no1)c1ccc(Cl)s1. The van der Waals surface area contributed by atoms with Gasteiger partial charge in [-0.15, -0.1) is 11.3 Å². The molecule has 0 aliphatic rings. The van der Waals surface area contributed by atoms with Gasteiger partial charge < -0.3 is 9.84 Å². The van der Waals surface area contributed by atoms with Crippen LogP contribution in [0.3, 0.4) is 0 Å². The van der Waals surface area contributed by atoms with E-state index in [1.165, 1.54) is 11.3 Å². The van der Waals surface area contributed by atoms with Crippen molar-refractivity contribution in [3.05, 3.63) is 61.9 Å². The van der Waals surface area contributed by atoms with Crippen LogP contribution in [-0.4, -0.2) is 11.1 Å². The number of rotatable bonds is 4. The lowest BCUT2D eigenvalue weighted by Crippen LogP contribution is -2.21. The quantitative estimate of drug-likeness (QED) is 0.691. The minimum absolute atomic E-state index is 0.183. The van der Waals surface area contributed by atoms with Crippen LogP contribution in [0.25, 0.3) is 11.3 Å². The van der Waals surface area contributed by atoms with E-state index in [4.69, 9.17) is 16.1 Å². The van der Waals surface area contributed by atoms with Crippen molar-refractivity contribution in [3.63, 3.8) is 0 Å². The number of nitrogens with zero attached hydrogens (tertiary/aromatic N) is 1. The second-order valence-electron chi connectivity index (χ2n) is 4.48. The highest BCUT2D eigenvalue weighted by Crippen LogP contribution is 2.23. The Morgan fingerprint density at radius 1 is 1.32 bits per heavy atom. The normalized spacial score (nSPS) is 10.6. The minimum atomic E-state index is -0.183. The molecule has 3 rings (SSSR count). The molecule has 0 fully saturated rings. The fraction of sp³-hybridized carbons (Fsp3) is 0.0667. The van der Waals surface area contributed by atoms with Crippen LogP contribution in [-0.2, 0) is 6.54 Å². The lowest BCUT2D eigenvalue weighted by Gasteiger charge is -1.99. The second-order valence-corrected chi connectivity index (χ2v) is 7.11. The summed E-state index contributed by atoms with van der Waals surface area (Å²) in [7, 11) is 0. The first kappa shape index (κ1) is 15.3. The molecule has 0 saturated heterocycles. The largest absolute Gasteiger partial charge is 0.359 e. The molecule has 0 aliphatic heterocycles. The third-order valence-corrected chi connectivity index (χ3v) is 4.62. The van der Waals surface area contributed by atoms with Crippen molar-refractivity contribution in [1.82, 2.24) is 10.5 Å². The number of carbonyl (C=O) groups is 1. The van der Waals surface area contributed by atoms with Gasteiger partial charge in [0.15, 0.2) is 5.76 Å². The summed E-state index contributed by atoms with van der Waals surface area (Å²) >= 11 is 10.5. The molecule has 1 aromatic carbocycles. The van der Waals surface area contributed by atoms with Gasteiger partial charge in [0.25, 0.3) is 5.91 Å². The number of hydrogen-bond acceptors (Lipinski definition) is 4. The van der Waals surface area contributed by atoms with Crippen LogP contribution in [0.15, 0.2) is 51.5 Å². The number of hydrogen-bond donors (Lipinski definition) is 1.